The summed E-state index contributed by atoms with van der Waals surface area (Å²) < 4.78 is 16.1. The van der Waals surface area contributed by atoms with E-state index < -0.39 is 0 Å². The van der Waals surface area contributed by atoms with E-state index in [0.717, 1.165) is 37.0 Å². The summed E-state index contributed by atoms with van der Waals surface area (Å²) in [5, 5.41) is 6.59. The van der Waals surface area contributed by atoms with Crippen LogP contribution in [0.5, 0.6) is 5.75 Å². The highest BCUT2D eigenvalue weighted by molar-refractivity contribution is 14.0. The predicted molar refractivity (Wildman–Crippen MR) is 121 cm³/mol. The monoisotopic (exact) mass is 494 g/mol. The van der Waals surface area contributed by atoms with Crippen LogP contribution in [0.3, 0.4) is 0 Å². The normalized spacial score (nSPS) is 12.4. The van der Waals surface area contributed by atoms with Gasteiger partial charge in [0, 0.05) is 46.9 Å². The molecular weight excluding hydrogens is 459 g/mol. The molecule has 0 saturated carbocycles. The Labute approximate surface area is 180 Å². The first kappa shape index (κ1) is 25.9. The van der Waals surface area contributed by atoms with Crippen molar-refractivity contribution in [3.63, 3.8) is 0 Å². The number of rotatable bonds is 12. The summed E-state index contributed by atoms with van der Waals surface area (Å²) in [5.74, 6) is 1.63. The van der Waals surface area contributed by atoms with Crippen LogP contribution in [0.25, 0.3) is 0 Å². The summed E-state index contributed by atoms with van der Waals surface area (Å²) in [6, 6.07) is 8.29. The minimum Gasteiger partial charge on any atom is -0.492 e. The molecule has 8 heteroatoms. The molecule has 0 heterocycles. The first-order valence-electron chi connectivity index (χ1n) is 8.94. The maximum Gasteiger partial charge on any atom is 0.191 e. The van der Waals surface area contributed by atoms with Gasteiger partial charge < -0.3 is 29.7 Å². The number of halogens is 1. The molecule has 27 heavy (non-hydrogen) atoms. The van der Waals surface area contributed by atoms with Gasteiger partial charge in [0.15, 0.2) is 5.96 Å². The number of likely N-dealkylation sites (N-methyl/N-ethyl adjacent to an activating group) is 1. The number of benzene rings is 1. The highest BCUT2D eigenvalue weighted by atomic mass is 127. The predicted octanol–water partition coefficient (Wildman–Crippen LogP) is 1.96. The second-order valence-electron chi connectivity index (χ2n) is 6.22. The van der Waals surface area contributed by atoms with Crippen LogP contribution in [0.15, 0.2) is 29.3 Å². The summed E-state index contributed by atoms with van der Waals surface area (Å²) in [4.78, 5) is 6.42. The average Bonchev–Trinajstić information content (AvgIpc) is 2.64. The number of guanidine groups is 1. The van der Waals surface area contributed by atoms with Crippen LogP contribution in [0.4, 0.5) is 0 Å². The number of nitrogens with one attached hydrogen (secondary N) is 2. The van der Waals surface area contributed by atoms with Gasteiger partial charge in [0.2, 0.25) is 0 Å². The van der Waals surface area contributed by atoms with E-state index in [-0.39, 0.29) is 30.0 Å². The lowest BCUT2D eigenvalue weighted by Crippen LogP contribution is -2.43. The van der Waals surface area contributed by atoms with Crippen LogP contribution in [0, 0.1) is 0 Å². The maximum atomic E-state index is 5.85. The fourth-order valence-corrected chi connectivity index (χ4v) is 2.33. The number of ether oxygens (including phenoxy) is 3. The summed E-state index contributed by atoms with van der Waals surface area (Å²) in [6.45, 7) is 6.49. The highest BCUT2D eigenvalue weighted by Gasteiger charge is 2.05. The van der Waals surface area contributed by atoms with E-state index in [4.69, 9.17) is 14.2 Å². The molecule has 2 N–H and O–H groups in total. The van der Waals surface area contributed by atoms with E-state index in [0.29, 0.717) is 19.8 Å². The van der Waals surface area contributed by atoms with Crippen molar-refractivity contribution in [1.82, 2.24) is 15.5 Å². The van der Waals surface area contributed by atoms with E-state index in [1.54, 1.807) is 21.3 Å². The van der Waals surface area contributed by atoms with Crippen LogP contribution < -0.4 is 15.4 Å². The molecule has 1 atom stereocenters. The Bertz CT molecular complexity index is 531. The van der Waals surface area contributed by atoms with Gasteiger partial charge in [-0.05, 0) is 31.7 Å². The minimum absolute atomic E-state index is 0. The summed E-state index contributed by atoms with van der Waals surface area (Å²) in [5.41, 5.74) is 1.14. The quantitative estimate of drug-likeness (QED) is 0.263. The van der Waals surface area contributed by atoms with Gasteiger partial charge in [-0.15, -0.1) is 24.0 Å². The number of methoxy groups -OCH3 is 2. The number of aliphatic imine (C=N–C) groups is 1. The van der Waals surface area contributed by atoms with Crippen LogP contribution >= 0.6 is 24.0 Å². The van der Waals surface area contributed by atoms with Crippen LogP contribution in [0.2, 0.25) is 0 Å². The molecule has 0 fully saturated rings. The minimum atomic E-state index is 0. The molecule has 1 rings (SSSR count). The van der Waals surface area contributed by atoms with Crippen molar-refractivity contribution in [2.45, 2.75) is 19.5 Å². The molecule has 0 spiro atoms. The fourth-order valence-electron chi connectivity index (χ4n) is 2.33. The third kappa shape index (κ3) is 12.1. The molecule has 1 aromatic rings. The van der Waals surface area contributed by atoms with Crippen LogP contribution in [-0.2, 0) is 16.0 Å². The largest absolute Gasteiger partial charge is 0.492 e. The Morgan fingerprint density at radius 1 is 1.19 bits per heavy atom. The topological polar surface area (TPSA) is 67.4 Å². The van der Waals surface area contributed by atoms with Crippen LogP contribution in [0.1, 0.15) is 12.5 Å². The number of nitrogens with zero attached hydrogens (tertiary/aromatic N) is 2. The highest BCUT2D eigenvalue weighted by Crippen LogP contribution is 2.13. The zero-order valence-electron chi connectivity index (χ0n) is 17.2. The average molecular weight is 494 g/mol. The third-order valence-corrected chi connectivity index (χ3v) is 3.80. The van der Waals surface area contributed by atoms with E-state index in [1.807, 2.05) is 18.2 Å². The Hall–Kier alpha value is -1.10. The van der Waals surface area contributed by atoms with Gasteiger partial charge in [-0.25, -0.2) is 0 Å². The Balaban J connectivity index is 0.00000676. The lowest BCUT2D eigenvalue weighted by Gasteiger charge is -2.18. The second kappa shape index (κ2) is 15.9. The van der Waals surface area contributed by atoms with E-state index in [9.17, 15) is 0 Å². The SMILES string of the molecule is CN=C(NCc1cccc(OCCN(C)CCOC)c1)NC(C)COC.I. The Kier molecular flexibility index (Phi) is 15.3. The zero-order valence-corrected chi connectivity index (χ0v) is 19.5. The first-order valence-corrected chi connectivity index (χ1v) is 8.94. The molecule has 0 aliphatic heterocycles. The van der Waals surface area contributed by atoms with Gasteiger partial charge in [0.25, 0.3) is 0 Å². The number of hydrogen-bond acceptors (Lipinski definition) is 5. The van der Waals surface area contributed by atoms with Crippen LogP contribution in [-0.4, -0.2) is 78.1 Å². The molecule has 0 radical (unpaired) electrons. The van der Waals surface area contributed by atoms with Crippen molar-refractivity contribution in [2.24, 2.45) is 4.99 Å². The van der Waals surface area contributed by atoms with Gasteiger partial charge in [-0.3, -0.25) is 4.99 Å². The summed E-state index contributed by atoms with van der Waals surface area (Å²) in [6.07, 6.45) is 0. The van der Waals surface area contributed by atoms with E-state index in [2.05, 4.69) is 40.6 Å². The smallest absolute Gasteiger partial charge is 0.191 e. The Morgan fingerprint density at radius 2 is 1.93 bits per heavy atom. The summed E-state index contributed by atoms with van der Waals surface area (Å²) >= 11 is 0. The molecule has 0 bridgehead atoms. The third-order valence-electron chi connectivity index (χ3n) is 3.80. The standard InChI is InChI=1S/C19H34N4O3.HI/c1-16(15-25-5)22-19(20-2)21-14-17-7-6-8-18(13-17)26-12-10-23(3)9-11-24-4;/h6-8,13,16H,9-12,14-15H2,1-5H3,(H2,20,21,22);1H. The van der Waals surface area contributed by atoms with E-state index in [1.165, 1.54) is 0 Å². The zero-order chi connectivity index (χ0) is 19.2. The van der Waals surface area contributed by atoms with Crippen molar-refractivity contribution in [3.8, 4) is 5.75 Å². The van der Waals surface area contributed by atoms with Gasteiger partial charge >= 0.3 is 0 Å². The molecular formula is C19H35IN4O3. The maximum absolute atomic E-state index is 5.85. The molecule has 0 saturated heterocycles. The molecule has 156 valence electrons. The number of hydrogen-bond donors (Lipinski definition) is 2. The Morgan fingerprint density at radius 3 is 2.59 bits per heavy atom. The fraction of sp³-hybridized carbons (Fsp3) is 0.632. The van der Waals surface area contributed by atoms with E-state index >= 15 is 0 Å². The van der Waals surface area contributed by atoms with Gasteiger partial charge in [-0.2, -0.15) is 0 Å². The van der Waals surface area contributed by atoms with Crippen molar-refractivity contribution >= 4 is 29.9 Å². The molecule has 7 nitrogen and oxygen atoms in total. The molecule has 0 aliphatic carbocycles. The van der Waals surface area contributed by atoms with Crippen molar-refractivity contribution in [2.75, 3.05) is 61.2 Å². The van der Waals surface area contributed by atoms with Gasteiger partial charge in [0.05, 0.1) is 13.2 Å². The van der Waals surface area contributed by atoms with Gasteiger partial charge in [0.1, 0.15) is 12.4 Å². The molecule has 1 aromatic carbocycles. The van der Waals surface area contributed by atoms with Gasteiger partial charge in [-0.1, -0.05) is 12.1 Å². The molecule has 0 aromatic heterocycles. The van der Waals surface area contributed by atoms with Crippen molar-refractivity contribution in [1.29, 1.82) is 0 Å². The first-order chi connectivity index (χ1) is 12.6. The molecule has 1 unspecified atom stereocenters. The summed E-state index contributed by atoms with van der Waals surface area (Å²) in [7, 11) is 7.22. The lowest BCUT2D eigenvalue weighted by molar-refractivity contribution is 0.150. The van der Waals surface area contributed by atoms with Crippen molar-refractivity contribution in [3.05, 3.63) is 29.8 Å². The second-order valence-corrected chi connectivity index (χ2v) is 6.22. The van der Waals surface area contributed by atoms with Crippen molar-refractivity contribution < 1.29 is 14.2 Å². The molecule has 0 amide bonds. The lowest BCUT2D eigenvalue weighted by atomic mass is 10.2. The molecule has 0 aliphatic rings.